The van der Waals surface area contributed by atoms with Crippen LogP contribution in [-0.4, -0.2) is 22.8 Å². The average molecular weight is 249 g/mol. The second-order valence-corrected chi connectivity index (χ2v) is 3.74. The highest BCUT2D eigenvalue weighted by molar-refractivity contribution is 6.20. The van der Waals surface area contributed by atoms with E-state index in [1.165, 1.54) is 18.6 Å². The fourth-order valence-corrected chi connectivity index (χ4v) is 1.38. The van der Waals surface area contributed by atoms with E-state index in [1.807, 2.05) is 0 Å². The molecule has 2 amide bonds. The van der Waals surface area contributed by atoms with Crippen molar-refractivity contribution in [3.63, 3.8) is 0 Å². The summed E-state index contributed by atoms with van der Waals surface area (Å²) < 4.78 is 0. The second kappa shape index (κ2) is 5.95. The summed E-state index contributed by atoms with van der Waals surface area (Å²) in [5.74, 6) is -1.92. The van der Waals surface area contributed by atoms with E-state index in [1.54, 1.807) is 12.1 Å². The molecule has 0 atom stereocenters. The lowest BCUT2D eigenvalue weighted by atomic mass is 10.1. The van der Waals surface area contributed by atoms with Gasteiger partial charge in [0.15, 0.2) is 0 Å². The molecule has 1 aromatic carbocycles. The quantitative estimate of drug-likeness (QED) is 0.715. The summed E-state index contributed by atoms with van der Waals surface area (Å²) in [5, 5.41) is 0.479. The van der Waals surface area contributed by atoms with Gasteiger partial charge in [-0.2, -0.15) is 0 Å². The highest BCUT2D eigenvalue weighted by Gasteiger charge is 2.37. The van der Waals surface area contributed by atoms with Gasteiger partial charge in [-0.1, -0.05) is 37.5 Å². The van der Waals surface area contributed by atoms with Gasteiger partial charge in [-0.3, -0.25) is 9.59 Å². The van der Waals surface area contributed by atoms with Crippen LogP contribution in [0.4, 0.5) is 0 Å². The first-order valence-corrected chi connectivity index (χ1v) is 5.69. The molecule has 0 unspecified atom stereocenters. The van der Waals surface area contributed by atoms with Crippen LogP contribution in [0.2, 0.25) is 0 Å². The molecule has 96 valence electrons. The number of hydrogen-bond donors (Lipinski definition) is 0. The third-order valence-electron chi connectivity index (χ3n) is 1.98. The molecular formula is C13H15NO4. The Kier molecular flexibility index (Phi) is 4.59. The van der Waals surface area contributed by atoms with E-state index >= 15 is 0 Å². The summed E-state index contributed by atoms with van der Waals surface area (Å²) in [7, 11) is 0. The van der Waals surface area contributed by atoms with Gasteiger partial charge in [0.2, 0.25) is 0 Å². The summed E-state index contributed by atoms with van der Waals surface area (Å²) in [4.78, 5) is 38.3. The minimum absolute atomic E-state index is 0.253. The van der Waals surface area contributed by atoms with E-state index in [-0.39, 0.29) is 11.1 Å². The monoisotopic (exact) mass is 249 g/mol. The molecule has 0 saturated heterocycles. The van der Waals surface area contributed by atoms with E-state index in [0.29, 0.717) is 5.06 Å². The van der Waals surface area contributed by atoms with Crippen molar-refractivity contribution in [2.75, 3.05) is 0 Å². The van der Waals surface area contributed by atoms with Gasteiger partial charge in [-0.25, -0.2) is 4.79 Å². The Labute approximate surface area is 105 Å². The van der Waals surface area contributed by atoms with Crippen LogP contribution >= 0.6 is 0 Å². The van der Waals surface area contributed by atoms with Crippen molar-refractivity contribution in [3.05, 3.63) is 35.4 Å². The minimum atomic E-state index is -0.704. The zero-order valence-electron chi connectivity index (χ0n) is 10.6. The lowest BCUT2D eigenvalue weighted by molar-refractivity contribution is -0.165. The summed E-state index contributed by atoms with van der Waals surface area (Å²) in [6, 6.07) is 6.31. The highest BCUT2D eigenvalue weighted by Crippen LogP contribution is 2.22. The van der Waals surface area contributed by atoms with Crippen LogP contribution in [0.25, 0.3) is 0 Å². The van der Waals surface area contributed by atoms with E-state index < -0.39 is 17.8 Å². The number of hydroxylamine groups is 2. The van der Waals surface area contributed by atoms with Crippen LogP contribution < -0.4 is 0 Å². The Bertz CT molecular complexity index is 447. The Morgan fingerprint density at radius 3 is 1.83 bits per heavy atom. The van der Waals surface area contributed by atoms with Gasteiger partial charge in [0.05, 0.1) is 11.1 Å². The van der Waals surface area contributed by atoms with Crippen LogP contribution in [0.5, 0.6) is 0 Å². The summed E-state index contributed by atoms with van der Waals surface area (Å²) in [6.07, 6.45) is 1.25. The lowest BCUT2D eigenvalue weighted by Gasteiger charge is -2.10. The van der Waals surface area contributed by atoms with Crippen molar-refractivity contribution in [2.24, 2.45) is 0 Å². The SMILES string of the molecule is CC(=O)ON1C(=O)c2ccccc2C1=O.CCC. The summed E-state index contributed by atoms with van der Waals surface area (Å²) in [6.45, 7) is 5.38. The van der Waals surface area contributed by atoms with Gasteiger partial charge in [0.1, 0.15) is 0 Å². The molecule has 18 heavy (non-hydrogen) atoms. The summed E-state index contributed by atoms with van der Waals surface area (Å²) in [5.41, 5.74) is 0.507. The molecule has 1 aliphatic heterocycles. The van der Waals surface area contributed by atoms with Crippen LogP contribution in [-0.2, 0) is 9.63 Å². The molecule has 0 aliphatic carbocycles. The second-order valence-electron chi connectivity index (χ2n) is 3.74. The maximum Gasteiger partial charge on any atom is 0.330 e. The molecular weight excluding hydrogens is 234 g/mol. The standard InChI is InChI=1S/C10H7NO4.C3H8/c1-6(12)15-11-9(13)7-4-2-3-5-8(7)10(11)14;1-3-2/h2-5H,1H3;3H2,1-2H3. The summed E-state index contributed by atoms with van der Waals surface area (Å²) >= 11 is 0. The molecule has 5 nitrogen and oxygen atoms in total. The van der Waals surface area contributed by atoms with Gasteiger partial charge in [-0.15, -0.1) is 0 Å². The number of amides is 2. The Balaban J connectivity index is 0.000000492. The fraction of sp³-hybridized carbons (Fsp3) is 0.308. The maximum atomic E-state index is 11.6. The number of nitrogens with zero attached hydrogens (tertiary/aromatic N) is 1. The molecule has 0 spiro atoms. The normalized spacial score (nSPS) is 12.7. The number of benzene rings is 1. The molecule has 0 fully saturated rings. The molecule has 0 radical (unpaired) electrons. The van der Waals surface area contributed by atoms with Crippen LogP contribution in [0.1, 0.15) is 47.9 Å². The number of rotatable bonds is 1. The number of fused-ring (bicyclic) bond motifs is 1. The molecule has 0 aromatic heterocycles. The van der Waals surface area contributed by atoms with Crippen LogP contribution in [0.15, 0.2) is 24.3 Å². The molecule has 1 aliphatic rings. The lowest BCUT2D eigenvalue weighted by Crippen LogP contribution is -2.31. The Hall–Kier alpha value is -2.17. The van der Waals surface area contributed by atoms with Gasteiger partial charge < -0.3 is 4.84 Å². The molecule has 1 aromatic rings. The molecule has 0 N–H and O–H groups in total. The van der Waals surface area contributed by atoms with E-state index in [0.717, 1.165) is 6.92 Å². The zero-order chi connectivity index (χ0) is 13.7. The predicted octanol–water partition coefficient (Wildman–Crippen LogP) is 2.18. The van der Waals surface area contributed by atoms with Crippen LogP contribution in [0, 0.1) is 0 Å². The number of hydrogen-bond acceptors (Lipinski definition) is 4. The predicted molar refractivity (Wildman–Crippen MR) is 64.7 cm³/mol. The first-order valence-electron chi connectivity index (χ1n) is 5.69. The first kappa shape index (κ1) is 13.9. The molecule has 0 bridgehead atoms. The van der Waals surface area contributed by atoms with Crippen molar-refractivity contribution in [2.45, 2.75) is 27.2 Å². The van der Waals surface area contributed by atoms with Crippen molar-refractivity contribution in [3.8, 4) is 0 Å². The van der Waals surface area contributed by atoms with E-state index in [9.17, 15) is 14.4 Å². The topological polar surface area (TPSA) is 63.7 Å². The van der Waals surface area contributed by atoms with Gasteiger partial charge in [0, 0.05) is 6.92 Å². The zero-order valence-corrected chi connectivity index (χ0v) is 10.6. The average Bonchev–Trinajstić information content (AvgIpc) is 2.56. The largest absolute Gasteiger partial charge is 0.330 e. The fourth-order valence-electron chi connectivity index (χ4n) is 1.38. The van der Waals surface area contributed by atoms with Crippen molar-refractivity contribution in [1.82, 2.24) is 5.06 Å². The number of carbonyl (C=O) groups is 3. The maximum absolute atomic E-state index is 11.6. The first-order chi connectivity index (χ1) is 8.52. The molecule has 1 heterocycles. The number of carbonyl (C=O) groups excluding carboxylic acids is 3. The molecule has 2 rings (SSSR count). The van der Waals surface area contributed by atoms with E-state index in [4.69, 9.17) is 0 Å². The van der Waals surface area contributed by atoms with Crippen molar-refractivity contribution < 1.29 is 19.2 Å². The van der Waals surface area contributed by atoms with Gasteiger partial charge in [-0.05, 0) is 12.1 Å². The van der Waals surface area contributed by atoms with Crippen molar-refractivity contribution in [1.29, 1.82) is 0 Å². The third-order valence-corrected chi connectivity index (χ3v) is 1.98. The van der Waals surface area contributed by atoms with E-state index in [2.05, 4.69) is 18.7 Å². The van der Waals surface area contributed by atoms with Gasteiger partial charge in [0.25, 0.3) is 11.8 Å². The Morgan fingerprint density at radius 2 is 1.50 bits per heavy atom. The van der Waals surface area contributed by atoms with Crippen LogP contribution in [0.3, 0.4) is 0 Å². The van der Waals surface area contributed by atoms with Gasteiger partial charge >= 0.3 is 5.97 Å². The highest BCUT2D eigenvalue weighted by atomic mass is 16.7. The Morgan fingerprint density at radius 1 is 1.11 bits per heavy atom. The minimum Gasteiger partial charge on any atom is -0.330 e. The molecule has 0 saturated carbocycles. The third kappa shape index (κ3) is 2.74. The smallest absolute Gasteiger partial charge is 0.330 e. The van der Waals surface area contributed by atoms with Crippen molar-refractivity contribution >= 4 is 17.8 Å². The molecule has 5 heteroatoms. The number of imide groups is 1.